The van der Waals surface area contributed by atoms with Crippen molar-refractivity contribution in [2.75, 3.05) is 5.73 Å². The Bertz CT molecular complexity index is 834. The van der Waals surface area contributed by atoms with Crippen molar-refractivity contribution >= 4 is 27.6 Å². The topological polar surface area (TPSA) is 80.5 Å². The lowest BCUT2D eigenvalue weighted by Crippen LogP contribution is -1.93. The number of H-pyrrole nitrogens is 1. The Labute approximate surface area is 128 Å². The number of anilines is 1. The van der Waals surface area contributed by atoms with Crippen LogP contribution in [0.5, 0.6) is 0 Å². The smallest absolute Gasteiger partial charge is 0.219 e. The third-order valence-corrected chi connectivity index (χ3v) is 4.31. The lowest BCUT2D eigenvalue weighted by atomic mass is 10.1. The summed E-state index contributed by atoms with van der Waals surface area (Å²) in [6, 6.07) is 8.35. The van der Waals surface area contributed by atoms with Crippen LogP contribution in [0.4, 0.5) is 10.3 Å². The van der Waals surface area contributed by atoms with E-state index in [9.17, 15) is 4.39 Å². The first-order valence-electron chi connectivity index (χ1n) is 6.52. The maximum atomic E-state index is 13.0. The van der Waals surface area contributed by atoms with Gasteiger partial charge in [-0.3, -0.25) is 0 Å². The number of nitrogens with one attached hydrogen (secondary N) is 1. The summed E-state index contributed by atoms with van der Waals surface area (Å²) in [5.74, 6) is -0.00894. The van der Waals surface area contributed by atoms with Gasteiger partial charge < -0.3 is 10.7 Å². The summed E-state index contributed by atoms with van der Waals surface area (Å²) in [7, 11) is 0. The van der Waals surface area contributed by atoms with Gasteiger partial charge in [-0.05, 0) is 35.9 Å². The summed E-state index contributed by atoms with van der Waals surface area (Å²) in [6.07, 6.45) is 3.31. The number of thiazole rings is 1. The number of benzene rings is 1. The Balaban J connectivity index is 1.73. The second-order valence-electron chi connectivity index (χ2n) is 4.75. The summed E-state index contributed by atoms with van der Waals surface area (Å²) >= 11 is 1.54. The van der Waals surface area contributed by atoms with Crippen LogP contribution in [-0.2, 0) is 0 Å². The van der Waals surface area contributed by atoms with Gasteiger partial charge in [-0.1, -0.05) is 0 Å². The highest BCUT2D eigenvalue weighted by molar-refractivity contribution is 7.21. The molecule has 22 heavy (non-hydrogen) atoms. The van der Waals surface area contributed by atoms with Gasteiger partial charge in [-0.2, -0.15) is 0 Å². The van der Waals surface area contributed by atoms with Crippen LogP contribution >= 0.6 is 11.3 Å². The molecule has 7 heteroatoms. The van der Waals surface area contributed by atoms with E-state index >= 15 is 0 Å². The fourth-order valence-electron chi connectivity index (χ4n) is 2.17. The first kappa shape index (κ1) is 12.9. The highest BCUT2D eigenvalue weighted by atomic mass is 32.1. The Kier molecular flexibility index (Phi) is 2.87. The Morgan fingerprint density at radius 3 is 2.45 bits per heavy atom. The lowest BCUT2D eigenvalue weighted by Gasteiger charge is -1.97. The van der Waals surface area contributed by atoms with E-state index in [2.05, 4.69) is 19.9 Å². The summed E-state index contributed by atoms with van der Waals surface area (Å²) in [4.78, 5) is 15.7. The molecule has 0 saturated heterocycles. The number of halogens is 1. The zero-order chi connectivity index (χ0) is 15.1. The summed E-state index contributed by atoms with van der Waals surface area (Å²) in [5, 5.41) is 0.826. The third-order valence-electron chi connectivity index (χ3n) is 3.26. The number of hydrogen-bond acceptors (Lipinski definition) is 5. The molecule has 1 aromatic carbocycles. The van der Waals surface area contributed by atoms with Crippen LogP contribution in [0.25, 0.3) is 32.2 Å². The van der Waals surface area contributed by atoms with E-state index in [1.165, 1.54) is 23.5 Å². The van der Waals surface area contributed by atoms with Crippen molar-refractivity contribution in [1.29, 1.82) is 0 Å². The maximum Gasteiger partial charge on any atom is 0.219 e. The molecule has 0 atom stereocenters. The van der Waals surface area contributed by atoms with E-state index in [0.29, 0.717) is 0 Å². The number of nitrogens with two attached hydrogens (primary N) is 1. The first-order valence-corrected chi connectivity index (χ1v) is 7.34. The summed E-state index contributed by atoms with van der Waals surface area (Å²) < 4.78 is 14.0. The molecule has 0 aliphatic rings. The molecular formula is C15H10FN5S. The average molecular weight is 311 g/mol. The Hall–Kier alpha value is -2.80. The van der Waals surface area contributed by atoms with Gasteiger partial charge in [-0.15, -0.1) is 11.3 Å². The van der Waals surface area contributed by atoms with Crippen LogP contribution in [0.3, 0.4) is 0 Å². The Morgan fingerprint density at radius 1 is 1.05 bits per heavy atom. The number of fused-ring (bicyclic) bond motifs is 1. The predicted octanol–water partition coefficient (Wildman–Crippen LogP) is 3.47. The second-order valence-corrected chi connectivity index (χ2v) is 5.78. The highest BCUT2D eigenvalue weighted by Gasteiger charge is 2.11. The monoisotopic (exact) mass is 311 g/mol. The van der Waals surface area contributed by atoms with Crippen LogP contribution < -0.4 is 5.73 Å². The molecule has 0 unspecified atom stereocenters. The first-order chi connectivity index (χ1) is 10.7. The fraction of sp³-hybridized carbons (Fsp3) is 0. The minimum absolute atomic E-state index is 0.240. The molecule has 3 aromatic heterocycles. The predicted molar refractivity (Wildman–Crippen MR) is 84.8 cm³/mol. The molecule has 0 aliphatic carbocycles. The molecular weight excluding hydrogens is 301 g/mol. The van der Waals surface area contributed by atoms with E-state index in [0.717, 1.165) is 32.2 Å². The van der Waals surface area contributed by atoms with E-state index in [-0.39, 0.29) is 11.8 Å². The minimum atomic E-state index is -0.249. The number of nitrogen functional groups attached to an aromatic ring is 1. The van der Waals surface area contributed by atoms with E-state index in [1.807, 2.05) is 6.07 Å². The van der Waals surface area contributed by atoms with Gasteiger partial charge in [0.05, 0.1) is 4.70 Å². The minimum Gasteiger partial charge on any atom is -0.368 e. The standard InChI is InChI=1S/C15H10FN5S/c16-10-3-1-8(2-4-10)11-5-12-13(20-11)21-14(22-12)9-6-18-15(17)19-7-9/h1-7,20H,(H2,17,18,19). The van der Waals surface area contributed by atoms with E-state index in [4.69, 9.17) is 5.73 Å². The zero-order valence-corrected chi connectivity index (χ0v) is 12.1. The van der Waals surface area contributed by atoms with Crippen molar-refractivity contribution in [3.8, 4) is 21.8 Å². The maximum absolute atomic E-state index is 13.0. The number of hydrogen-bond donors (Lipinski definition) is 2. The third kappa shape index (κ3) is 2.21. The Morgan fingerprint density at radius 2 is 1.77 bits per heavy atom. The van der Waals surface area contributed by atoms with Crippen LogP contribution in [0, 0.1) is 5.82 Å². The van der Waals surface area contributed by atoms with Gasteiger partial charge in [-0.25, -0.2) is 19.3 Å². The van der Waals surface area contributed by atoms with Crippen LogP contribution in [0.15, 0.2) is 42.7 Å². The number of aromatic amines is 1. The summed E-state index contributed by atoms with van der Waals surface area (Å²) in [5.41, 5.74) is 8.93. The molecule has 0 saturated carbocycles. The van der Waals surface area contributed by atoms with Crippen molar-refractivity contribution in [3.63, 3.8) is 0 Å². The normalized spacial score (nSPS) is 11.1. The largest absolute Gasteiger partial charge is 0.368 e. The molecule has 0 radical (unpaired) electrons. The molecule has 0 spiro atoms. The number of aromatic nitrogens is 4. The van der Waals surface area contributed by atoms with Gasteiger partial charge in [0.1, 0.15) is 16.5 Å². The molecule has 4 aromatic rings. The number of rotatable bonds is 2. The highest BCUT2D eigenvalue weighted by Crippen LogP contribution is 2.32. The number of nitrogens with zero attached hydrogens (tertiary/aromatic N) is 3. The van der Waals surface area contributed by atoms with Crippen LogP contribution in [-0.4, -0.2) is 19.9 Å². The van der Waals surface area contributed by atoms with Crippen molar-refractivity contribution in [2.45, 2.75) is 0 Å². The van der Waals surface area contributed by atoms with Crippen LogP contribution in [0.2, 0.25) is 0 Å². The second kappa shape index (κ2) is 4.88. The molecule has 0 amide bonds. The molecule has 3 N–H and O–H groups in total. The van der Waals surface area contributed by atoms with Crippen molar-refractivity contribution < 1.29 is 4.39 Å². The molecule has 0 aliphatic heterocycles. The van der Waals surface area contributed by atoms with Crippen molar-refractivity contribution in [3.05, 3.63) is 48.5 Å². The van der Waals surface area contributed by atoms with Crippen molar-refractivity contribution in [1.82, 2.24) is 19.9 Å². The summed E-state index contributed by atoms with van der Waals surface area (Å²) in [6.45, 7) is 0. The van der Waals surface area contributed by atoms with Crippen LogP contribution in [0.1, 0.15) is 0 Å². The molecule has 3 heterocycles. The molecule has 4 rings (SSSR count). The van der Waals surface area contributed by atoms with Gasteiger partial charge in [0.2, 0.25) is 5.95 Å². The van der Waals surface area contributed by atoms with E-state index < -0.39 is 0 Å². The molecule has 108 valence electrons. The molecule has 0 bridgehead atoms. The molecule has 0 fully saturated rings. The van der Waals surface area contributed by atoms with Crippen molar-refractivity contribution in [2.24, 2.45) is 0 Å². The fourth-order valence-corrected chi connectivity index (χ4v) is 3.11. The lowest BCUT2D eigenvalue weighted by molar-refractivity contribution is 0.628. The zero-order valence-electron chi connectivity index (χ0n) is 11.2. The average Bonchev–Trinajstić information content (AvgIpc) is 3.07. The SMILES string of the molecule is Nc1ncc(-c2nc3[nH]c(-c4ccc(F)cc4)cc3s2)cn1. The van der Waals surface area contributed by atoms with Gasteiger partial charge >= 0.3 is 0 Å². The van der Waals surface area contributed by atoms with Gasteiger partial charge in [0.15, 0.2) is 0 Å². The quantitative estimate of drug-likeness (QED) is 0.594. The van der Waals surface area contributed by atoms with Gasteiger partial charge in [0.25, 0.3) is 0 Å². The van der Waals surface area contributed by atoms with E-state index in [1.54, 1.807) is 24.5 Å². The van der Waals surface area contributed by atoms with Gasteiger partial charge in [0, 0.05) is 23.7 Å². The molecule has 5 nitrogen and oxygen atoms in total.